The fourth-order valence-electron chi connectivity index (χ4n) is 2.96. The van der Waals surface area contributed by atoms with Crippen LogP contribution in [0.5, 0.6) is 0 Å². The number of hydrogen-bond donors (Lipinski definition) is 1. The Kier molecular flexibility index (Phi) is 6.99. The maximum atomic E-state index is 12.5. The van der Waals surface area contributed by atoms with Gasteiger partial charge in [-0.25, -0.2) is 4.79 Å². The van der Waals surface area contributed by atoms with Crippen LogP contribution < -0.4 is 5.32 Å². The minimum atomic E-state index is -0.867. The fraction of sp³-hybridized carbons (Fsp3) is 0.125. The molecule has 152 valence electrons. The zero-order valence-corrected chi connectivity index (χ0v) is 17.1. The summed E-state index contributed by atoms with van der Waals surface area (Å²) >= 11 is 5.85. The number of carbonyl (C=O) groups is 3. The van der Waals surface area contributed by atoms with Gasteiger partial charge in [0.1, 0.15) is 6.04 Å². The highest BCUT2D eigenvalue weighted by atomic mass is 35.5. The lowest BCUT2D eigenvalue weighted by Crippen LogP contribution is -2.43. The van der Waals surface area contributed by atoms with Crippen LogP contribution >= 0.6 is 11.6 Å². The molecular formula is C24H20ClNO4. The number of rotatable bonds is 7. The Bertz CT molecular complexity index is 1030. The number of esters is 1. The summed E-state index contributed by atoms with van der Waals surface area (Å²) in [6.45, 7) is 0. The van der Waals surface area contributed by atoms with Crippen LogP contribution in [0.4, 0.5) is 0 Å². The quantitative estimate of drug-likeness (QED) is 0.460. The maximum absolute atomic E-state index is 12.5. The Hall–Kier alpha value is -3.44. The topological polar surface area (TPSA) is 72.5 Å². The first kappa shape index (κ1) is 21.3. The van der Waals surface area contributed by atoms with Gasteiger partial charge in [0.25, 0.3) is 5.91 Å². The lowest BCUT2D eigenvalue weighted by molar-refractivity contribution is -0.142. The summed E-state index contributed by atoms with van der Waals surface area (Å²) < 4.78 is 4.83. The molecule has 3 aromatic rings. The predicted octanol–water partition coefficient (Wildman–Crippen LogP) is 4.09. The molecule has 3 rings (SSSR count). The van der Waals surface area contributed by atoms with Crippen molar-refractivity contribution in [3.63, 3.8) is 0 Å². The highest BCUT2D eigenvalue weighted by Crippen LogP contribution is 2.14. The van der Waals surface area contributed by atoms with Gasteiger partial charge in [0.05, 0.1) is 7.11 Å². The van der Waals surface area contributed by atoms with E-state index < -0.39 is 17.9 Å². The van der Waals surface area contributed by atoms with E-state index in [4.69, 9.17) is 16.3 Å². The smallest absolute Gasteiger partial charge is 0.328 e. The van der Waals surface area contributed by atoms with Crippen molar-refractivity contribution in [3.05, 3.63) is 106 Å². The first-order chi connectivity index (χ1) is 14.5. The van der Waals surface area contributed by atoms with Crippen LogP contribution in [0.3, 0.4) is 0 Å². The molecule has 0 aliphatic carbocycles. The van der Waals surface area contributed by atoms with Gasteiger partial charge in [-0.2, -0.15) is 0 Å². The van der Waals surface area contributed by atoms with Crippen LogP contribution in [0, 0.1) is 0 Å². The molecule has 0 heterocycles. The lowest BCUT2D eigenvalue weighted by atomic mass is 9.99. The van der Waals surface area contributed by atoms with Crippen LogP contribution in [0.15, 0.2) is 78.9 Å². The number of hydrogen-bond acceptors (Lipinski definition) is 4. The monoisotopic (exact) mass is 421 g/mol. The van der Waals surface area contributed by atoms with Crippen molar-refractivity contribution in [2.75, 3.05) is 7.11 Å². The largest absolute Gasteiger partial charge is 0.467 e. The Morgan fingerprint density at radius 3 is 2.00 bits per heavy atom. The highest BCUT2D eigenvalue weighted by molar-refractivity contribution is 6.30. The molecule has 30 heavy (non-hydrogen) atoms. The number of benzene rings is 3. The van der Waals surface area contributed by atoms with Crippen molar-refractivity contribution in [1.29, 1.82) is 0 Å². The van der Waals surface area contributed by atoms with E-state index in [1.807, 2.05) is 18.2 Å². The molecule has 0 aliphatic heterocycles. The van der Waals surface area contributed by atoms with Gasteiger partial charge in [-0.3, -0.25) is 9.59 Å². The number of methoxy groups -OCH3 is 1. The highest BCUT2D eigenvalue weighted by Gasteiger charge is 2.23. The van der Waals surface area contributed by atoms with E-state index in [0.717, 1.165) is 5.56 Å². The lowest BCUT2D eigenvalue weighted by Gasteiger charge is -2.17. The number of ether oxygens (including phenoxy) is 1. The number of halogens is 1. The van der Waals surface area contributed by atoms with Gasteiger partial charge in [0.15, 0.2) is 5.78 Å². The second kappa shape index (κ2) is 9.85. The molecule has 1 amide bonds. The molecule has 6 heteroatoms. The van der Waals surface area contributed by atoms with Crippen molar-refractivity contribution >= 4 is 29.3 Å². The third-order valence-corrected chi connectivity index (χ3v) is 4.84. The molecule has 0 fully saturated rings. The van der Waals surface area contributed by atoms with Gasteiger partial charge in [-0.1, -0.05) is 66.2 Å². The standard InChI is InChI=1S/C24H20ClNO4/c1-30-24(29)21(26-23(28)19-11-13-20(25)14-12-19)15-16-7-9-18(10-8-16)22(27)17-5-3-2-4-6-17/h2-14,21H,15H2,1H3,(H,26,28)/t21-/m1/s1. The van der Waals surface area contributed by atoms with Crippen LogP contribution in [-0.2, 0) is 16.0 Å². The third kappa shape index (κ3) is 5.33. The summed E-state index contributed by atoms with van der Waals surface area (Å²) in [6, 6.07) is 21.4. The zero-order chi connectivity index (χ0) is 21.5. The number of carbonyl (C=O) groups excluding carboxylic acids is 3. The SMILES string of the molecule is COC(=O)[C@@H](Cc1ccc(C(=O)c2ccccc2)cc1)NC(=O)c1ccc(Cl)cc1. The number of ketones is 1. The van der Waals surface area contributed by atoms with E-state index in [1.165, 1.54) is 7.11 Å². The first-order valence-corrected chi connectivity index (χ1v) is 9.68. The third-order valence-electron chi connectivity index (χ3n) is 4.59. The molecular weight excluding hydrogens is 402 g/mol. The molecule has 1 N–H and O–H groups in total. The average molecular weight is 422 g/mol. The van der Waals surface area contributed by atoms with Crippen molar-refractivity contribution in [3.8, 4) is 0 Å². The molecule has 0 saturated carbocycles. The van der Waals surface area contributed by atoms with Gasteiger partial charge in [-0.15, -0.1) is 0 Å². The Balaban J connectivity index is 1.72. The normalized spacial score (nSPS) is 11.4. The molecule has 0 aliphatic rings. The van der Waals surface area contributed by atoms with Gasteiger partial charge < -0.3 is 10.1 Å². The van der Waals surface area contributed by atoms with E-state index in [0.29, 0.717) is 21.7 Å². The van der Waals surface area contributed by atoms with E-state index in [9.17, 15) is 14.4 Å². The van der Waals surface area contributed by atoms with E-state index in [1.54, 1.807) is 60.7 Å². The van der Waals surface area contributed by atoms with Crippen LogP contribution in [-0.4, -0.2) is 30.8 Å². The van der Waals surface area contributed by atoms with Crippen molar-refractivity contribution in [2.45, 2.75) is 12.5 Å². The predicted molar refractivity (Wildman–Crippen MR) is 115 cm³/mol. The molecule has 1 atom stereocenters. The molecule has 0 unspecified atom stereocenters. The molecule has 0 bridgehead atoms. The summed E-state index contributed by atoms with van der Waals surface area (Å²) in [7, 11) is 1.27. The second-order valence-electron chi connectivity index (χ2n) is 6.65. The minimum absolute atomic E-state index is 0.0808. The summed E-state index contributed by atoms with van der Waals surface area (Å²) in [6.07, 6.45) is 0.228. The van der Waals surface area contributed by atoms with Gasteiger partial charge in [0.2, 0.25) is 0 Å². The van der Waals surface area contributed by atoms with Gasteiger partial charge >= 0.3 is 5.97 Å². The fourth-order valence-corrected chi connectivity index (χ4v) is 3.09. The van der Waals surface area contributed by atoms with Crippen LogP contribution in [0.2, 0.25) is 5.02 Å². The van der Waals surface area contributed by atoms with Crippen LogP contribution in [0.25, 0.3) is 0 Å². The van der Waals surface area contributed by atoms with Crippen molar-refractivity contribution in [1.82, 2.24) is 5.32 Å². The first-order valence-electron chi connectivity index (χ1n) is 9.31. The minimum Gasteiger partial charge on any atom is -0.467 e. The maximum Gasteiger partial charge on any atom is 0.328 e. The van der Waals surface area contributed by atoms with Gasteiger partial charge in [-0.05, 0) is 29.8 Å². The van der Waals surface area contributed by atoms with Crippen LogP contribution in [0.1, 0.15) is 31.8 Å². The Morgan fingerprint density at radius 2 is 1.40 bits per heavy atom. The van der Waals surface area contributed by atoms with E-state index in [2.05, 4.69) is 5.32 Å². The van der Waals surface area contributed by atoms with Gasteiger partial charge in [0, 0.05) is 28.1 Å². The second-order valence-corrected chi connectivity index (χ2v) is 7.09. The zero-order valence-electron chi connectivity index (χ0n) is 16.3. The molecule has 0 aromatic heterocycles. The molecule has 0 saturated heterocycles. The summed E-state index contributed by atoms with van der Waals surface area (Å²) in [5.41, 5.74) is 2.32. The molecule has 3 aromatic carbocycles. The number of amides is 1. The van der Waals surface area contributed by atoms with Crippen molar-refractivity contribution < 1.29 is 19.1 Å². The average Bonchev–Trinajstić information content (AvgIpc) is 2.79. The number of nitrogens with one attached hydrogen (secondary N) is 1. The summed E-state index contributed by atoms with van der Waals surface area (Å²) in [5, 5.41) is 3.21. The molecule has 0 spiro atoms. The Labute approximate surface area is 179 Å². The molecule has 0 radical (unpaired) electrons. The molecule has 5 nitrogen and oxygen atoms in total. The van der Waals surface area contributed by atoms with Crippen molar-refractivity contribution in [2.24, 2.45) is 0 Å². The van der Waals surface area contributed by atoms with E-state index >= 15 is 0 Å². The summed E-state index contributed by atoms with van der Waals surface area (Å²) in [4.78, 5) is 37.2. The van der Waals surface area contributed by atoms with E-state index in [-0.39, 0.29) is 12.2 Å². The summed E-state index contributed by atoms with van der Waals surface area (Å²) in [5.74, 6) is -1.04. The Morgan fingerprint density at radius 1 is 0.833 bits per heavy atom.